The van der Waals surface area contributed by atoms with Gasteiger partial charge in [0.05, 0.1) is 0 Å². The fraction of sp³-hybridized carbons (Fsp3) is 0.538. The SMILES string of the molecule is CC.CC1CCCNc2ccccc21. The van der Waals surface area contributed by atoms with Crippen molar-refractivity contribution in [3.63, 3.8) is 0 Å². The fourth-order valence-electron chi connectivity index (χ4n) is 1.87. The van der Waals surface area contributed by atoms with Crippen molar-refractivity contribution in [2.75, 3.05) is 11.9 Å². The molecular formula is C13H21N. The molecule has 0 amide bonds. The Morgan fingerprint density at radius 3 is 2.71 bits per heavy atom. The van der Waals surface area contributed by atoms with Crippen LogP contribution in [0.25, 0.3) is 0 Å². The summed E-state index contributed by atoms with van der Waals surface area (Å²) in [5.41, 5.74) is 2.82. The van der Waals surface area contributed by atoms with Gasteiger partial charge >= 0.3 is 0 Å². The van der Waals surface area contributed by atoms with Gasteiger partial charge in [-0.25, -0.2) is 0 Å². The molecule has 0 spiro atoms. The van der Waals surface area contributed by atoms with Crippen LogP contribution in [0.4, 0.5) is 5.69 Å². The monoisotopic (exact) mass is 191 g/mol. The molecule has 1 atom stereocenters. The first-order valence-electron chi connectivity index (χ1n) is 5.71. The van der Waals surface area contributed by atoms with Crippen molar-refractivity contribution >= 4 is 5.69 Å². The topological polar surface area (TPSA) is 12.0 Å². The van der Waals surface area contributed by atoms with Crippen molar-refractivity contribution in [1.82, 2.24) is 0 Å². The van der Waals surface area contributed by atoms with E-state index in [0.717, 1.165) is 12.5 Å². The van der Waals surface area contributed by atoms with Gasteiger partial charge in [0.15, 0.2) is 0 Å². The van der Waals surface area contributed by atoms with Gasteiger partial charge in [0.2, 0.25) is 0 Å². The first-order valence-corrected chi connectivity index (χ1v) is 5.71. The number of benzene rings is 1. The maximum atomic E-state index is 3.46. The Balaban J connectivity index is 0.000000461. The molecule has 0 saturated heterocycles. The zero-order valence-corrected chi connectivity index (χ0v) is 9.51. The fourth-order valence-corrected chi connectivity index (χ4v) is 1.87. The van der Waals surface area contributed by atoms with E-state index in [-0.39, 0.29) is 0 Å². The van der Waals surface area contributed by atoms with Crippen LogP contribution >= 0.6 is 0 Å². The third kappa shape index (κ3) is 2.50. The molecule has 1 unspecified atom stereocenters. The molecule has 1 heterocycles. The molecule has 1 nitrogen and oxygen atoms in total. The standard InChI is InChI=1S/C11H15N.C2H6/c1-9-5-4-8-12-11-7-3-2-6-10(9)11;1-2/h2-3,6-7,9,12H,4-5,8H2,1H3;1-2H3. The van der Waals surface area contributed by atoms with E-state index in [1.165, 1.54) is 24.1 Å². The van der Waals surface area contributed by atoms with Crippen molar-refractivity contribution in [3.05, 3.63) is 29.8 Å². The predicted octanol–water partition coefficient (Wildman–Crippen LogP) is 4.02. The lowest BCUT2D eigenvalue weighted by molar-refractivity contribution is 0.667. The number of hydrogen-bond donors (Lipinski definition) is 1. The Kier molecular flexibility index (Phi) is 4.51. The Morgan fingerprint density at radius 1 is 1.21 bits per heavy atom. The first-order chi connectivity index (χ1) is 6.88. The van der Waals surface area contributed by atoms with Crippen molar-refractivity contribution < 1.29 is 0 Å². The van der Waals surface area contributed by atoms with Gasteiger partial charge in [-0.1, -0.05) is 39.0 Å². The van der Waals surface area contributed by atoms with Crippen molar-refractivity contribution in [2.24, 2.45) is 0 Å². The second kappa shape index (κ2) is 5.69. The van der Waals surface area contributed by atoms with Crippen LogP contribution in [0.15, 0.2) is 24.3 Å². The maximum absolute atomic E-state index is 3.46. The van der Waals surface area contributed by atoms with Crippen molar-refractivity contribution in [3.8, 4) is 0 Å². The Hall–Kier alpha value is -0.980. The Bertz CT molecular complexity index is 268. The van der Waals surface area contributed by atoms with Gasteiger partial charge in [0, 0.05) is 12.2 Å². The summed E-state index contributed by atoms with van der Waals surface area (Å²) in [7, 11) is 0. The Labute approximate surface area is 87.5 Å². The van der Waals surface area contributed by atoms with Crippen molar-refractivity contribution in [2.45, 2.75) is 39.5 Å². The van der Waals surface area contributed by atoms with Crippen LogP contribution in [-0.2, 0) is 0 Å². The molecule has 1 N–H and O–H groups in total. The number of fused-ring (bicyclic) bond motifs is 1. The van der Waals surface area contributed by atoms with Crippen LogP contribution in [0.1, 0.15) is 45.1 Å². The highest BCUT2D eigenvalue weighted by Gasteiger charge is 2.12. The zero-order valence-electron chi connectivity index (χ0n) is 9.51. The lowest BCUT2D eigenvalue weighted by Gasteiger charge is -2.11. The van der Waals surface area contributed by atoms with E-state index in [1.807, 2.05) is 13.8 Å². The molecule has 0 bridgehead atoms. The zero-order chi connectivity index (χ0) is 10.4. The molecule has 1 aromatic carbocycles. The van der Waals surface area contributed by atoms with Gasteiger partial charge in [0.25, 0.3) is 0 Å². The van der Waals surface area contributed by atoms with E-state index in [9.17, 15) is 0 Å². The van der Waals surface area contributed by atoms with Crippen LogP contribution in [0.5, 0.6) is 0 Å². The molecule has 1 aliphatic heterocycles. The van der Waals surface area contributed by atoms with E-state index in [0.29, 0.717) is 0 Å². The smallest absolute Gasteiger partial charge is 0.0375 e. The van der Waals surface area contributed by atoms with Crippen molar-refractivity contribution in [1.29, 1.82) is 0 Å². The highest BCUT2D eigenvalue weighted by Crippen LogP contribution is 2.29. The van der Waals surface area contributed by atoms with E-state index in [1.54, 1.807) is 0 Å². The summed E-state index contributed by atoms with van der Waals surface area (Å²) in [5, 5.41) is 3.46. The molecule has 2 rings (SSSR count). The number of nitrogens with one attached hydrogen (secondary N) is 1. The predicted molar refractivity (Wildman–Crippen MR) is 63.9 cm³/mol. The van der Waals surface area contributed by atoms with E-state index in [2.05, 4.69) is 36.5 Å². The van der Waals surface area contributed by atoms with Gasteiger partial charge in [-0.15, -0.1) is 0 Å². The third-order valence-corrected chi connectivity index (χ3v) is 2.62. The van der Waals surface area contributed by atoms with E-state index < -0.39 is 0 Å². The minimum absolute atomic E-state index is 0.719. The summed E-state index contributed by atoms with van der Waals surface area (Å²) >= 11 is 0. The normalized spacial score (nSPS) is 19.5. The quantitative estimate of drug-likeness (QED) is 0.653. The van der Waals surface area contributed by atoms with Gasteiger partial charge in [-0.05, 0) is 30.4 Å². The van der Waals surface area contributed by atoms with E-state index >= 15 is 0 Å². The third-order valence-electron chi connectivity index (χ3n) is 2.62. The second-order valence-corrected chi connectivity index (χ2v) is 3.56. The Morgan fingerprint density at radius 2 is 1.93 bits per heavy atom. The summed E-state index contributed by atoms with van der Waals surface area (Å²) in [4.78, 5) is 0. The molecule has 78 valence electrons. The lowest BCUT2D eigenvalue weighted by atomic mass is 9.96. The molecular weight excluding hydrogens is 170 g/mol. The molecule has 1 aliphatic rings. The number of rotatable bonds is 0. The summed E-state index contributed by atoms with van der Waals surface area (Å²) in [6.45, 7) is 7.44. The number of anilines is 1. The first kappa shape index (κ1) is 11.1. The number of para-hydroxylation sites is 1. The van der Waals surface area contributed by atoms with E-state index in [4.69, 9.17) is 0 Å². The van der Waals surface area contributed by atoms with Crippen LogP contribution in [0.2, 0.25) is 0 Å². The molecule has 1 heteroatoms. The second-order valence-electron chi connectivity index (χ2n) is 3.56. The molecule has 0 aromatic heterocycles. The summed E-state index contributed by atoms with van der Waals surface area (Å²) in [6, 6.07) is 8.64. The van der Waals surface area contributed by atoms with Crippen LogP contribution < -0.4 is 5.32 Å². The van der Waals surface area contributed by atoms with Gasteiger partial charge in [0.1, 0.15) is 0 Å². The minimum atomic E-state index is 0.719. The molecule has 14 heavy (non-hydrogen) atoms. The van der Waals surface area contributed by atoms with Crippen LogP contribution in [0, 0.1) is 0 Å². The minimum Gasteiger partial charge on any atom is -0.385 e. The highest BCUT2D eigenvalue weighted by atomic mass is 14.9. The van der Waals surface area contributed by atoms with Gasteiger partial charge in [-0.3, -0.25) is 0 Å². The number of hydrogen-bond acceptors (Lipinski definition) is 1. The van der Waals surface area contributed by atoms with Gasteiger partial charge in [-0.2, -0.15) is 0 Å². The average Bonchev–Trinajstić information content (AvgIpc) is 2.45. The molecule has 1 aromatic rings. The highest BCUT2D eigenvalue weighted by molar-refractivity contribution is 5.53. The lowest BCUT2D eigenvalue weighted by Crippen LogP contribution is -1.98. The summed E-state index contributed by atoms with van der Waals surface area (Å²) in [6.07, 6.45) is 2.60. The maximum Gasteiger partial charge on any atom is 0.0375 e. The van der Waals surface area contributed by atoms with Crippen LogP contribution in [0.3, 0.4) is 0 Å². The molecule has 0 aliphatic carbocycles. The molecule has 0 saturated carbocycles. The van der Waals surface area contributed by atoms with Crippen LogP contribution in [-0.4, -0.2) is 6.54 Å². The van der Waals surface area contributed by atoms with Gasteiger partial charge < -0.3 is 5.32 Å². The summed E-state index contributed by atoms with van der Waals surface area (Å²) < 4.78 is 0. The molecule has 0 radical (unpaired) electrons. The average molecular weight is 191 g/mol. The summed E-state index contributed by atoms with van der Waals surface area (Å²) in [5.74, 6) is 0.719. The molecule has 0 fully saturated rings. The largest absolute Gasteiger partial charge is 0.385 e.